The Hall–Kier alpha value is -1.29. The monoisotopic (exact) mass is 313 g/mol. The van der Waals surface area contributed by atoms with E-state index in [1.165, 1.54) is 11.3 Å². The van der Waals surface area contributed by atoms with Crippen LogP contribution in [0.3, 0.4) is 0 Å². The van der Waals surface area contributed by atoms with E-state index in [0.717, 1.165) is 17.8 Å². The first-order chi connectivity index (χ1) is 9.65. The van der Waals surface area contributed by atoms with Crippen molar-refractivity contribution in [1.29, 1.82) is 0 Å². The summed E-state index contributed by atoms with van der Waals surface area (Å²) < 4.78 is 27.0. The first kappa shape index (κ1) is 13.7. The number of hydrogen-bond acceptors (Lipinski definition) is 6. The van der Waals surface area contributed by atoms with E-state index in [2.05, 4.69) is 25.2 Å². The van der Waals surface area contributed by atoms with Gasteiger partial charge in [-0.2, -0.15) is 5.10 Å². The van der Waals surface area contributed by atoms with Crippen molar-refractivity contribution in [2.45, 2.75) is 37.0 Å². The van der Waals surface area contributed by atoms with E-state index in [-0.39, 0.29) is 11.6 Å². The minimum Gasteiger partial charge on any atom is -0.310 e. The Morgan fingerprint density at radius 2 is 2.25 bits per heavy atom. The van der Waals surface area contributed by atoms with E-state index in [1.54, 1.807) is 12.4 Å². The smallest absolute Gasteiger partial charge is 0.258 e. The van der Waals surface area contributed by atoms with Crippen LogP contribution in [0.1, 0.15) is 23.4 Å². The fourth-order valence-electron chi connectivity index (χ4n) is 1.77. The van der Waals surface area contributed by atoms with Gasteiger partial charge >= 0.3 is 0 Å². The molecule has 0 aliphatic heterocycles. The van der Waals surface area contributed by atoms with Gasteiger partial charge in [-0.25, -0.2) is 18.1 Å². The van der Waals surface area contributed by atoms with Crippen LogP contribution in [0.2, 0.25) is 0 Å². The highest BCUT2D eigenvalue weighted by atomic mass is 32.2. The lowest BCUT2D eigenvalue weighted by Crippen LogP contribution is -2.25. The Morgan fingerprint density at radius 3 is 2.95 bits per heavy atom. The molecule has 0 radical (unpaired) electrons. The van der Waals surface area contributed by atoms with Gasteiger partial charge in [0.1, 0.15) is 5.01 Å². The number of thiazole rings is 1. The quantitative estimate of drug-likeness (QED) is 0.695. The standard InChI is InChI=1S/C11H15N5O2S2/c17-20(18,15-7-10-12-3-4-19-10)11-8(6-14-16-11)5-13-9-1-2-9/h3-4,6,9,13,15H,1-2,5,7H2,(H,14,16). The number of aromatic amines is 1. The molecule has 2 aromatic heterocycles. The topological polar surface area (TPSA) is 99.8 Å². The predicted molar refractivity (Wildman–Crippen MR) is 74.6 cm³/mol. The van der Waals surface area contributed by atoms with Gasteiger partial charge < -0.3 is 5.32 Å². The van der Waals surface area contributed by atoms with Crippen LogP contribution in [0.25, 0.3) is 0 Å². The summed E-state index contributed by atoms with van der Waals surface area (Å²) in [4.78, 5) is 4.04. The second-order valence-electron chi connectivity index (χ2n) is 4.63. The molecule has 0 unspecified atom stereocenters. The lowest BCUT2D eigenvalue weighted by Gasteiger charge is -2.06. The molecule has 0 bridgehead atoms. The van der Waals surface area contributed by atoms with E-state index in [1.807, 2.05) is 5.38 Å². The van der Waals surface area contributed by atoms with E-state index in [9.17, 15) is 8.42 Å². The average molecular weight is 313 g/mol. The highest BCUT2D eigenvalue weighted by Crippen LogP contribution is 2.20. The third-order valence-corrected chi connectivity index (χ3v) is 5.20. The molecule has 1 aliphatic rings. The Labute approximate surface area is 120 Å². The third kappa shape index (κ3) is 3.23. The Morgan fingerprint density at radius 1 is 1.40 bits per heavy atom. The number of hydrogen-bond donors (Lipinski definition) is 3. The zero-order valence-corrected chi connectivity index (χ0v) is 12.3. The van der Waals surface area contributed by atoms with Gasteiger partial charge in [-0.15, -0.1) is 11.3 Å². The lowest BCUT2D eigenvalue weighted by molar-refractivity contribution is 0.573. The number of sulfonamides is 1. The van der Waals surface area contributed by atoms with Crippen molar-refractivity contribution >= 4 is 21.4 Å². The second kappa shape index (κ2) is 5.60. The normalized spacial score (nSPS) is 15.6. The number of H-pyrrole nitrogens is 1. The summed E-state index contributed by atoms with van der Waals surface area (Å²) >= 11 is 1.41. The van der Waals surface area contributed by atoms with Gasteiger partial charge in [0.05, 0.1) is 12.7 Å². The maximum absolute atomic E-state index is 12.2. The molecule has 3 rings (SSSR count). The first-order valence-corrected chi connectivity index (χ1v) is 8.65. The van der Waals surface area contributed by atoms with Crippen molar-refractivity contribution in [2.75, 3.05) is 0 Å². The van der Waals surface area contributed by atoms with Crippen LogP contribution in [0.15, 0.2) is 22.8 Å². The maximum Gasteiger partial charge on any atom is 0.258 e. The number of nitrogens with zero attached hydrogens (tertiary/aromatic N) is 2. The maximum atomic E-state index is 12.2. The third-order valence-electron chi connectivity index (χ3n) is 3.00. The first-order valence-electron chi connectivity index (χ1n) is 6.29. The largest absolute Gasteiger partial charge is 0.310 e. The van der Waals surface area contributed by atoms with E-state index < -0.39 is 10.0 Å². The van der Waals surface area contributed by atoms with Crippen molar-refractivity contribution in [1.82, 2.24) is 25.2 Å². The summed E-state index contributed by atoms with van der Waals surface area (Å²) in [5.74, 6) is 0. The van der Waals surface area contributed by atoms with Crippen LogP contribution in [-0.2, 0) is 23.1 Å². The molecule has 0 amide bonds. The number of rotatable bonds is 7. The zero-order chi connectivity index (χ0) is 14.0. The number of nitrogens with one attached hydrogen (secondary N) is 3. The molecular weight excluding hydrogens is 298 g/mol. The molecule has 0 saturated heterocycles. The highest BCUT2D eigenvalue weighted by Gasteiger charge is 2.24. The van der Waals surface area contributed by atoms with Crippen molar-refractivity contribution < 1.29 is 8.42 Å². The molecule has 7 nitrogen and oxygen atoms in total. The van der Waals surface area contributed by atoms with E-state index >= 15 is 0 Å². The lowest BCUT2D eigenvalue weighted by atomic mass is 10.3. The SMILES string of the molecule is O=S(=O)(NCc1nccs1)c1[nH]ncc1CNC1CC1. The fraction of sp³-hybridized carbons (Fsp3) is 0.455. The Kier molecular flexibility index (Phi) is 3.83. The molecule has 2 aromatic rings. The van der Waals surface area contributed by atoms with Crippen LogP contribution < -0.4 is 10.0 Å². The van der Waals surface area contributed by atoms with Crippen LogP contribution in [-0.4, -0.2) is 29.6 Å². The second-order valence-corrected chi connectivity index (χ2v) is 7.31. The van der Waals surface area contributed by atoms with Crippen LogP contribution in [0.4, 0.5) is 0 Å². The van der Waals surface area contributed by atoms with Gasteiger partial charge in [0.15, 0.2) is 5.03 Å². The highest BCUT2D eigenvalue weighted by molar-refractivity contribution is 7.89. The summed E-state index contributed by atoms with van der Waals surface area (Å²) in [5, 5.41) is 12.3. The van der Waals surface area contributed by atoms with Crippen molar-refractivity contribution in [3.05, 3.63) is 28.3 Å². The summed E-state index contributed by atoms with van der Waals surface area (Å²) in [5.41, 5.74) is 0.656. The molecule has 1 saturated carbocycles. The van der Waals surface area contributed by atoms with Crippen LogP contribution in [0.5, 0.6) is 0 Å². The molecule has 0 atom stereocenters. The van der Waals surface area contributed by atoms with Gasteiger partial charge in [0.25, 0.3) is 10.0 Å². The van der Waals surface area contributed by atoms with Crippen LogP contribution >= 0.6 is 11.3 Å². The van der Waals surface area contributed by atoms with E-state index in [4.69, 9.17) is 0 Å². The minimum absolute atomic E-state index is 0.127. The molecule has 9 heteroatoms. The zero-order valence-electron chi connectivity index (χ0n) is 10.7. The molecule has 20 heavy (non-hydrogen) atoms. The summed E-state index contributed by atoms with van der Waals surface area (Å²) in [6.07, 6.45) is 5.51. The summed E-state index contributed by atoms with van der Waals surface area (Å²) in [7, 11) is -3.59. The van der Waals surface area contributed by atoms with Gasteiger partial charge in [-0.1, -0.05) is 0 Å². The molecular formula is C11H15N5O2S2. The van der Waals surface area contributed by atoms with E-state index in [0.29, 0.717) is 18.2 Å². The minimum atomic E-state index is -3.59. The molecule has 0 aromatic carbocycles. The van der Waals surface area contributed by atoms with Crippen molar-refractivity contribution in [2.24, 2.45) is 0 Å². The van der Waals surface area contributed by atoms with Gasteiger partial charge in [0.2, 0.25) is 0 Å². The average Bonchev–Trinajstić information content (AvgIpc) is 2.94. The van der Waals surface area contributed by atoms with Crippen molar-refractivity contribution in [3.63, 3.8) is 0 Å². The molecule has 108 valence electrons. The van der Waals surface area contributed by atoms with Gasteiger partial charge in [0, 0.05) is 29.7 Å². The fourth-order valence-corrected chi connectivity index (χ4v) is 3.53. The summed E-state index contributed by atoms with van der Waals surface area (Å²) in [6, 6.07) is 0.517. The number of aromatic nitrogens is 3. The Bertz CT molecular complexity index is 661. The molecule has 1 fully saturated rings. The van der Waals surface area contributed by atoms with Crippen molar-refractivity contribution in [3.8, 4) is 0 Å². The van der Waals surface area contributed by atoms with Gasteiger partial charge in [-0.05, 0) is 12.8 Å². The van der Waals surface area contributed by atoms with Gasteiger partial charge in [-0.3, -0.25) is 5.10 Å². The molecule has 1 aliphatic carbocycles. The molecule has 3 N–H and O–H groups in total. The summed E-state index contributed by atoms with van der Waals surface area (Å²) in [6.45, 7) is 0.698. The Balaban J connectivity index is 1.68. The predicted octanol–water partition coefficient (Wildman–Crippen LogP) is 0.597. The molecule has 0 spiro atoms. The molecule has 2 heterocycles. The van der Waals surface area contributed by atoms with Crippen LogP contribution in [0, 0.1) is 0 Å².